The number of carbonyl (C=O) groups excluding carboxylic acids is 1. The summed E-state index contributed by atoms with van der Waals surface area (Å²) in [5.41, 5.74) is 7.69. The highest BCUT2D eigenvalue weighted by molar-refractivity contribution is 6.10. The average Bonchev–Trinajstić information content (AvgIpc) is 2.12. The molecule has 1 aliphatic carbocycles. The standard InChI is InChI=1S/C10H9NO/c11-9-6-5-7-3-1-2-4-8(7)10(9)12/h1-4,6H,5,11H2. The zero-order chi connectivity index (χ0) is 8.55. The molecule has 0 atom stereocenters. The molecular weight excluding hydrogens is 150 g/mol. The fourth-order valence-corrected chi connectivity index (χ4v) is 1.39. The second-order valence-electron chi connectivity index (χ2n) is 2.85. The molecule has 60 valence electrons. The van der Waals surface area contributed by atoms with Crippen LogP contribution in [0.4, 0.5) is 0 Å². The topological polar surface area (TPSA) is 43.1 Å². The van der Waals surface area contributed by atoms with Gasteiger partial charge in [0, 0.05) is 5.56 Å². The van der Waals surface area contributed by atoms with Gasteiger partial charge in [-0.15, -0.1) is 0 Å². The van der Waals surface area contributed by atoms with Crippen LogP contribution in [0.25, 0.3) is 0 Å². The molecule has 0 radical (unpaired) electrons. The van der Waals surface area contributed by atoms with Crippen LogP contribution in [0.3, 0.4) is 0 Å². The molecule has 0 amide bonds. The Morgan fingerprint density at radius 1 is 1.25 bits per heavy atom. The van der Waals surface area contributed by atoms with Gasteiger partial charge in [0.25, 0.3) is 0 Å². The van der Waals surface area contributed by atoms with Crippen molar-refractivity contribution in [2.75, 3.05) is 0 Å². The number of Topliss-reactive ketones (excluding diaryl/α,β-unsaturated/α-hetero) is 1. The fraction of sp³-hybridized carbons (Fsp3) is 0.100. The van der Waals surface area contributed by atoms with Crippen LogP contribution < -0.4 is 5.73 Å². The van der Waals surface area contributed by atoms with E-state index in [1.54, 1.807) is 6.08 Å². The Labute approximate surface area is 70.7 Å². The summed E-state index contributed by atoms with van der Waals surface area (Å²) in [6.45, 7) is 0. The zero-order valence-corrected chi connectivity index (χ0v) is 6.58. The summed E-state index contributed by atoms with van der Waals surface area (Å²) in [7, 11) is 0. The Kier molecular flexibility index (Phi) is 1.47. The lowest BCUT2D eigenvalue weighted by Gasteiger charge is -2.11. The number of ketones is 1. The summed E-state index contributed by atoms with van der Waals surface area (Å²) in [6, 6.07) is 7.56. The van der Waals surface area contributed by atoms with E-state index < -0.39 is 0 Å². The summed E-state index contributed by atoms with van der Waals surface area (Å²) >= 11 is 0. The number of hydrogen-bond donors (Lipinski definition) is 1. The molecule has 0 fully saturated rings. The van der Waals surface area contributed by atoms with Crippen LogP contribution in [-0.4, -0.2) is 5.78 Å². The van der Waals surface area contributed by atoms with E-state index in [1.165, 1.54) is 0 Å². The summed E-state index contributed by atoms with van der Waals surface area (Å²) in [6.07, 6.45) is 2.54. The second-order valence-corrected chi connectivity index (χ2v) is 2.85. The molecule has 1 aromatic carbocycles. The first-order valence-corrected chi connectivity index (χ1v) is 3.87. The number of rotatable bonds is 0. The normalized spacial score (nSPS) is 15.3. The third-order valence-electron chi connectivity index (χ3n) is 2.07. The van der Waals surface area contributed by atoms with Gasteiger partial charge in [-0.25, -0.2) is 0 Å². The smallest absolute Gasteiger partial charge is 0.208 e. The van der Waals surface area contributed by atoms with Crippen LogP contribution in [-0.2, 0) is 6.42 Å². The minimum atomic E-state index is -0.0446. The van der Waals surface area contributed by atoms with Crippen molar-refractivity contribution >= 4 is 5.78 Å². The van der Waals surface area contributed by atoms with Crippen LogP contribution >= 0.6 is 0 Å². The van der Waals surface area contributed by atoms with Gasteiger partial charge in [-0.05, 0) is 12.0 Å². The van der Waals surface area contributed by atoms with Crippen LogP contribution in [0.2, 0.25) is 0 Å². The van der Waals surface area contributed by atoms with Gasteiger partial charge < -0.3 is 5.73 Å². The fourth-order valence-electron chi connectivity index (χ4n) is 1.39. The highest BCUT2D eigenvalue weighted by atomic mass is 16.1. The summed E-state index contributed by atoms with van der Waals surface area (Å²) in [4.78, 5) is 11.4. The predicted octanol–water partition coefficient (Wildman–Crippen LogP) is 1.27. The van der Waals surface area contributed by atoms with E-state index in [0.717, 1.165) is 17.5 Å². The van der Waals surface area contributed by atoms with E-state index in [0.29, 0.717) is 5.70 Å². The van der Waals surface area contributed by atoms with Crippen molar-refractivity contribution in [2.24, 2.45) is 5.73 Å². The highest BCUT2D eigenvalue weighted by Gasteiger charge is 2.16. The van der Waals surface area contributed by atoms with Crippen LogP contribution in [0, 0.1) is 0 Å². The Morgan fingerprint density at radius 3 is 2.83 bits per heavy atom. The van der Waals surface area contributed by atoms with Crippen molar-refractivity contribution < 1.29 is 4.79 Å². The SMILES string of the molecule is NC1=CCc2ccccc2C1=O. The number of fused-ring (bicyclic) bond motifs is 1. The van der Waals surface area contributed by atoms with E-state index in [4.69, 9.17) is 5.73 Å². The van der Waals surface area contributed by atoms with Crippen LogP contribution in [0.5, 0.6) is 0 Å². The molecule has 1 aliphatic rings. The molecule has 0 saturated heterocycles. The van der Waals surface area contributed by atoms with Gasteiger partial charge in [0.1, 0.15) is 0 Å². The molecule has 1 aromatic rings. The first kappa shape index (κ1) is 7.10. The molecule has 2 nitrogen and oxygen atoms in total. The quantitative estimate of drug-likeness (QED) is 0.619. The van der Waals surface area contributed by atoms with Crippen molar-refractivity contribution in [3.05, 3.63) is 47.2 Å². The van der Waals surface area contributed by atoms with E-state index in [9.17, 15) is 4.79 Å². The molecule has 0 spiro atoms. The van der Waals surface area contributed by atoms with E-state index in [2.05, 4.69) is 0 Å². The summed E-state index contributed by atoms with van der Waals surface area (Å²) in [5.74, 6) is -0.0446. The number of carbonyl (C=O) groups is 1. The van der Waals surface area contributed by atoms with E-state index >= 15 is 0 Å². The minimum absolute atomic E-state index is 0.0446. The molecule has 2 heteroatoms. The number of benzene rings is 1. The van der Waals surface area contributed by atoms with E-state index in [1.807, 2.05) is 24.3 Å². The molecule has 12 heavy (non-hydrogen) atoms. The Balaban J connectivity index is 2.57. The number of nitrogens with two attached hydrogens (primary N) is 1. The van der Waals surface area contributed by atoms with E-state index in [-0.39, 0.29) is 5.78 Å². The number of hydrogen-bond acceptors (Lipinski definition) is 2. The zero-order valence-electron chi connectivity index (χ0n) is 6.58. The predicted molar refractivity (Wildman–Crippen MR) is 46.7 cm³/mol. The van der Waals surface area contributed by atoms with Gasteiger partial charge in [-0.1, -0.05) is 30.3 Å². The lowest BCUT2D eigenvalue weighted by atomic mass is 9.94. The highest BCUT2D eigenvalue weighted by Crippen LogP contribution is 2.17. The third-order valence-corrected chi connectivity index (χ3v) is 2.07. The average molecular weight is 159 g/mol. The van der Waals surface area contributed by atoms with Crippen molar-refractivity contribution in [1.29, 1.82) is 0 Å². The lowest BCUT2D eigenvalue weighted by Crippen LogP contribution is -2.17. The maximum Gasteiger partial charge on any atom is 0.208 e. The molecule has 2 rings (SSSR count). The molecule has 2 N–H and O–H groups in total. The van der Waals surface area contributed by atoms with Crippen molar-refractivity contribution in [3.8, 4) is 0 Å². The minimum Gasteiger partial charge on any atom is -0.396 e. The summed E-state index contributed by atoms with van der Waals surface area (Å²) in [5, 5.41) is 0. The Bertz CT molecular complexity index is 366. The molecule has 0 aromatic heterocycles. The summed E-state index contributed by atoms with van der Waals surface area (Å²) < 4.78 is 0. The van der Waals surface area contributed by atoms with Gasteiger partial charge in [0.2, 0.25) is 5.78 Å². The van der Waals surface area contributed by atoms with Crippen molar-refractivity contribution in [2.45, 2.75) is 6.42 Å². The van der Waals surface area contributed by atoms with Gasteiger partial charge in [-0.2, -0.15) is 0 Å². The lowest BCUT2D eigenvalue weighted by molar-refractivity contribution is 0.102. The third kappa shape index (κ3) is 0.925. The first-order valence-electron chi connectivity index (χ1n) is 3.87. The molecule has 0 aliphatic heterocycles. The Hall–Kier alpha value is -1.57. The van der Waals surface area contributed by atoms with Crippen LogP contribution in [0.15, 0.2) is 36.0 Å². The largest absolute Gasteiger partial charge is 0.396 e. The maximum absolute atomic E-state index is 11.4. The van der Waals surface area contributed by atoms with Gasteiger partial charge in [-0.3, -0.25) is 4.79 Å². The van der Waals surface area contributed by atoms with Gasteiger partial charge in [0.05, 0.1) is 5.70 Å². The first-order chi connectivity index (χ1) is 5.79. The monoisotopic (exact) mass is 159 g/mol. The molecular formula is C10H9NO. The van der Waals surface area contributed by atoms with Gasteiger partial charge >= 0.3 is 0 Å². The molecule has 0 unspecified atom stereocenters. The molecule has 0 heterocycles. The molecule has 0 bridgehead atoms. The maximum atomic E-state index is 11.4. The number of allylic oxidation sites excluding steroid dienone is 2. The van der Waals surface area contributed by atoms with Crippen LogP contribution in [0.1, 0.15) is 15.9 Å². The van der Waals surface area contributed by atoms with Gasteiger partial charge in [0.15, 0.2) is 0 Å². The Morgan fingerprint density at radius 2 is 2.00 bits per heavy atom. The van der Waals surface area contributed by atoms with Crippen molar-refractivity contribution in [3.63, 3.8) is 0 Å². The molecule has 0 saturated carbocycles. The van der Waals surface area contributed by atoms with Crippen molar-refractivity contribution in [1.82, 2.24) is 0 Å². The second kappa shape index (κ2) is 2.48.